The summed E-state index contributed by atoms with van der Waals surface area (Å²) in [5, 5.41) is 0. The van der Waals surface area contributed by atoms with Crippen LogP contribution >= 0.6 is 0 Å². The molecule has 0 spiro atoms. The summed E-state index contributed by atoms with van der Waals surface area (Å²) in [6, 6.07) is 0. The van der Waals surface area contributed by atoms with Gasteiger partial charge in [0.1, 0.15) is 0 Å². The van der Waals surface area contributed by atoms with E-state index in [1.54, 1.807) is 0 Å². The molecule has 1 rings (SSSR count). The summed E-state index contributed by atoms with van der Waals surface area (Å²) in [6.07, 6.45) is -4.37. The number of aromatic nitrogens is 1. The van der Waals surface area contributed by atoms with Crippen molar-refractivity contribution in [2.24, 2.45) is 0 Å². The lowest BCUT2D eigenvalue weighted by Crippen LogP contribution is -2.19. The maximum Gasteiger partial charge on any atom is 0.573 e. The van der Waals surface area contributed by atoms with E-state index >= 15 is 0 Å². The summed E-state index contributed by atoms with van der Waals surface area (Å²) in [4.78, 5) is 2.89. The molecule has 78 valence electrons. The number of alkyl halides is 3. The van der Waals surface area contributed by atoms with E-state index in [9.17, 15) is 22.0 Å². The van der Waals surface area contributed by atoms with Crippen molar-refractivity contribution in [3.63, 3.8) is 0 Å². The van der Waals surface area contributed by atoms with Crippen LogP contribution in [-0.2, 0) is 0 Å². The smallest absolute Gasteiger partial charge is 0.398 e. The Bertz CT molecular complexity index is 349. The number of rotatable bonds is 1. The lowest BCUT2D eigenvalue weighted by Gasteiger charge is -2.10. The van der Waals surface area contributed by atoms with Crippen molar-refractivity contribution >= 4 is 0 Å². The number of hydrogen-bond acceptors (Lipinski definition) is 2. The third-order valence-corrected chi connectivity index (χ3v) is 1.32. The predicted molar refractivity (Wildman–Crippen MR) is 35.6 cm³/mol. The highest BCUT2D eigenvalue weighted by atomic mass is 19.4. The fourth-order valence-corrected chi connectivity index (χ4v) is 0.741. The molecule has 0 aliphatic carbocycles. The van der Waals surface area contributed by atoms with Crippen LogP contribution < -0.4 is 4.74 Å². The van der Waals surface area contributed by atoms with Gasteiger partial charge in [-0.1, -0.05) is 0 Å². The zero-order valence-electron chi connectivity index (χ0n) is 6.82. The molecule has 0 N–H and O–H groups in total. The second kappa shape index (κ2) is 3.39. The van der Waals surface area contributed by atoms with Crippen LogP contribution in [0.4, 0.5) is 22.0 Å². The van der Waals surface area contributed by atoms with E-state index in [-0.39, 0.29) is 5.56 Å². The van der Waals surface area contributed by atoms with Gasteiger partial charge in [0.05, 0.1) is 0 Å². The van der Waals surface area contributed by atoms with Crippen molar-refractivity contribution < 1.29 is 26.7 Å². The molecule has 1 aromatic heterocycles. The molecule has 2 nitrogen and oxygen atoms in total. The molecule has 0 atom stereocenters. The lowest BCUT2D eigenvalue weighted by molar-refractivity contribution is -0.276. The van der Waals surface area contributed by atoms with Gasteiger partial charge in [-0.05, 0) is 6.92 Å². The first-order valence-corrected chi connectivity index (χ1v) is 3.37. The summed E-state index contributed by atoms with van der Waals surface area (Å²) in [5.74, 6) is -4.57. The number of hydrogen-bond donors (Lipinski definition) is 0. The van der Waals surface area contributed by atoms with Gasteiger partial charge >= 0.3 is 6.36 Å². The summed E-state index contributed by atoms with van der Waals surface area (Å²) in [6.45, 7) is 1.14. The highest BCUT2D eigenvalue weighted by Crippen LogP contribution is 2.28. The molecule has 0 radical (unpaired) electrons. The lowest BCUT2D eigenvalue weighted by atomic mass is 10.3. The van der Waals surface area contributed by atoms with Crippen LogP contribution in [0.25, 0.3) is 0 Å². The van der Waals surface area contributed by atoms with Crippen LogP contribution in [0.3, 0.4) is 0 Å². The minimum absolute atomic E-state index is 0.231. The van der Waals surface area contributed by atoms with Gasteiger partial charge in [-0.3, -0.25) is 0 Å². The van der Waals surface area contributed by atoms with Crippen molar-refractivity contribution in [1.82, 2.24) is 4.98 Å². The van der Waals surface area contributed by atoms with Crippen LogP contribution in [0.5, 0.6) is 5.75 Å². The molecule has 0 amide bonds. The Morgan fingerprint density at radius 1 is 1.29 bits per heavy atom. The molecule has 0 bridgehead atoms. The van der Waals surface area contributed by atoms with Gasteiger partial charge in [0.25, 0.3) is 5.95 Å². The zero-order chi connectivity index (χ0) is 10.9. The predicted octanol–water partition coefficient (Wildman–Crippen LogP) is 2.57. The van der Waals surface area contributed by atoms with Crippen molar-refractivity contribution in [3.8, 4) is 5.75 Å². The molecule has 0 aliphatic heterocycles. The van der Waals surface area contributed by atoms with Crippen molar-refractivity contribution in [2.75, 3.05) is 0 Å². The molecule has 0 aromatic carbocycles. The highest BCUT2D eigenvalue weighted by Gasteiger charge is 2.34. The second-order valence-corrected chi connectivity index (χ2v) is 2.42. The van der Waals surface area contributed by atoms with E-state index in [2.05, 4.69) is 9.72 Å². The van der Waals surface area contributed by atoms with Crippen molar-refractivity contribution in [2.45, 2.75) is 13.3 Å². The van der Waals surface area contributed by atoms with E-state index < -0.39 is 23.9 Å². The fraction of sp³-hybridized carbons (Fsp3) is 0.286. The van der Waals surface area contributed by atoms with Gasteiger partial charge in [0.15, 0.2) is 5.82 Å². The Balaban J connectivity index is 3.13. The van der Waals surface area contributed by atoms with E-state index in [0.29, 0.717) is 0 Å². The van der Waals surface area contributed by atoms with Crippen LogP contribution in [0.15, 0.2) is 6.20 Å². The first-order chi connectivity index (χ1) is 6.31. The van der Waals surface area contributed by atoms with Crippen molar-refractivity contribution in [3.05, 3.63) is 23.5 Å². The first kappa shape index (κ1) is 10.7. The second-order valence-electron chi connectivity index (χ2n) is 2.42. The normalized spacial score (nSPS) is 11.6. The molecule has 7 heteroatoms. The third kappa shape index (κ3) is 2.30. The van der Waals surface area contributed by atoms with Crippen LogP contribution in [0.2, 0.25) is 0 Å². The minimum atomic E-state index is -5.14. The Kier molecular flexibility index (Phi) is 2.59. The summed E-state index contributed by atoms with van der Waals surface area (Å²) >= 11 is 0. The van der Waals surface area contributed by atoms with Crippen LogP contribution in [0, 0.1) is 18.7 Å². The summed E-state index contributed by atoms with van der Waals surface area (Å²) in [5.41, 5.74) is -0.231. The molecule has 0 fully saturated rings. The van der Waals surface area contributed by atoms with Gasteiger partial charge in [-0.25, -0.2) is 9.37 Å². The molecule has 0 saturated heterocycles. The molecule has 0 unspecified atom stereocenters. The maximum absolute atomic E-state index is 12.9. The fourth-order valence-electron chi connectivity index (χ4n) is 0.741. The summed E-state index contributed by atoms with van der Waals surface area (Å²) in [7, 11) is 0. The third-order valence-electron chi connectivity index (χ3n) is 1.32. The number of nitrogens with zero attached hydrogens (tertiary/aromatic N) is 1. The van der Waals surface area contributed by atoms with Crippen LogP contribution in [-0.4, -0.2) is 11.3 Å². The van der Waals surface area contributed by atoms with Crippen LogP contribution in [0.1, 0.15) is 5.56 Å². The molecule has 0 saturated carbocycles. The standard InChI is InChI=1S/C7H4F5NO/c1-3-2-13-6(9)5(4(3)8)14-7(10,11)12/h2H,1H3. The quantitative estimate of drug-likeness (QED) is 0.528. The average molecular weight is 213 g/mol. The number of halogens is 5. The number of pyridine rings is 1. The topological polar surface area (TPSA) is 22.1 Å². The minimum Gasteiger partial charge on any atom is -0.398 e. The van der Waals surface area contributed by atoms with E-state index in [1.165, 1.54) is 0 Å². The number of ether oxygens (including phenoxy) is 1. The van der Waals surface area contributed by atoms with E-state index in [1.807, 2.05) is 0 Å². The molecular formula is C7H4F5NO. The maximum atomic E-state index is 12.9. The Morgan fingerprint density at radius 3 is 2.36 bits per heavy atom. The van der Waals surface area contributed by atoms with Gasteiger partial charge in [0.2, 0.25) is 5.75 Å². The average Bonchev–Trinajstić information content (AvgIpc) is 2.04. The van der Waals surface area contributed by atoms with Gasteiger partial charge in [-0.2, -0.15) is 4.39 Å². The Labute approximate surface area is 75.3 Å². The Hall–Kier alpha value is -1.40. The monoisotopic (exact) mass is 213 g/mol. The molecule has 14 heavy (non-hydrogen) atoms. The highest BCUT2D eigenvalue weighted by molar-refractivity contribution is 5.27. The zero-order valence-corrected chi connectivity index (χ0v) is 6.82. The van der Waals surface area contributed by atoms with Gasteiger partial charge in [-0.15, -0.1) is 13.2 Å². The van der Waals surface area contributed by atoms with E-state index in [4.69, 9.17) is 0 Å². The van der Waals surface area contributed by atoms with Crippen molar-refractivity contribution in [1.29, 1.82) is 0 Å². The van der Waals surface area contributed by atoms with Gasteiger partial charge in [0, 0.05) is 11.8 Å². The molecule has 1 aromatic rings. The first-order valence-electron chi connectivity index (χ1n) is 3.37. The van der Waals surface area contributed by atoms with E-state index in [0.717, 1.165) is 13.1 Å². The largest absolute Gasteiger partial charge is 0.573 e. The molecule has 0 aliphatic rings. The molecule has 1 heterocycles. The molecular weight excluding hydrogens is 209 g/mol. The van der Waals surface area contributed by atoms with Gasteiger partial charge < -0.3 is 4.74 Å². The Morgan fingerprint density at radius 2 is 1.86 bits per heavy atom. The SMILES string of the molecule is Cc1cnc(F)c(OC(F)(F)F)c1F. The summed E-state index contributed by atoms with van der Waals surface area (Å²) < 4.78 is 63.6. The number of aryl methyl sites for hydroxylation is 1.